The molecular weight excluding hydrogens is 324 g/mol. The molecule has 1 aliphatic rings. The van der Waals surface area contributed by atoms with Crippen LogP contribution in [-0.4, -0.2) is 45.9 Å². The highest BCUT2D eigenvalue weighted by molar-refractivity contribution is 7.11. The minimum Gasteiger partial charge on any atom is -0.383 e. The summed E-state index contributed by atoms with van der Waals surface area (Å²) < 4.78 is 0. The predicted octanol–water partition coefficient (Wildman–Crippen LogP) is 2.00. The summed E-state index contributed by atoms with van der Waals surface area (Å²) in [5, 5.41) is 23.7. The number of β-amino-alcohol motifs (C(OH)–C–C–N with tert-alkyl or cyclic N) is 1. The van der Waals surface area contributed by atoms with Crippen molar-refractivity contribution in [2.75, 3.05) is 19.6 Å². The van der Waals surface area contributed by atoms with Crippen LogP contribution in [-0.2, 0) is 12.0 Å². The van der Waals surface area contributed by atoms with E-state index >= 15 is 0 Å². The number of carbonyl (C=O) groups is 1. The highest BCUT2D eigenvalue weighted by atomic mass is 32.1. The van der Waals surface area contributed by atoms with Gasteiger partial charge in [0.15, 0.2) is 0 Å². The lowest BCUT2D eigenvalue weighted by atomic mass is 9.89. The molecule has 3 rings (SSSR count). The molecule has 1 atom stereocenters. The van der Waals surface area contributed by atoms with Crippen molar-refractivity contribution in [1.29, 1.82) is 0 Å². The molecule has 0 spiro atoms. The fourth-order valence-corrected chi connectivity index (χ4v) is 3.82. The standard InChI is InChI=1S/C17H22N4O2S/c1-12-5-3-4-6-14(12)17(23)8-10-21(11-17)16(22)18-9-7-15-20-19-13(2)24-15/h3-6,23H,7-11H2,1-2H3,(H,18,22). The minimum atomic E-state index is -0.959. The van der Waals surface area contributed by atoms with Crippen molar-refractivity contribution < 1.29 is 9.90 Å². The van der Waals surface area contributed by atoms with Crippen molar-refractivity contribution in [3.05, 3.63) is 45.4 Å². The Bertz CT molecular complexity index is 733. The van der Waals surface area contributed by atoms with Crippen LogP contribution in [0.5, 0.6) is 0 Å². The second-order valence-corrected chi connectivity index (χ2v) is 7.48. The molecule has 1 unspecified atom stereocenters. The summed E-state index contributed by atoms with van der Waals surface area (Å²) >= 11 is 1.54. The zero-order valence-electron chi connectivity index (χ0n) is 14.0. The summed E-state index contributed by atoms with van der Waals surface area (Å²) in [6, 6.07) is 7.67. The van der Waals surface area contributed by atoms with Gasteiger partial charge in [-0.2, -0.15) is 0 Å². The molecule has 0 bridgehead atoms. The Morgan fingerprint density at radius 3 is 2.88 bits per heavy atom. The molecule has 1 saturated heterocycles. The summed E-state index contributed by atoms with van der Waals surface area (Å²) in [6.45, 7) is 5.29. The first kappa shape index (κ1) is 16.9. The molecule has 1 fully saturated rings. The van der Waals surface area contributed by atoms with Gasteiger partial charge in [0, 0.05) is 19.5 Å². The summed E-state index contributed by atoms with van der Waals surface area (Å²) in [7, 11) is 0. The van der Waals surface area contributed by atoms with Crippen LogP contribution >= 0.6 is 11.3 Å². The molecule has 6 nitrogen and oxygen atoms in total. The Morgan fingerprint density at radius 1 is 1.38 bits per heavy atom. The van der Waals surface area contributed by atoms with Crippen molar-refractivity contribution in [1.82, 2.24) is 20.4 Å². The second-order valence-electron chi connectivity index (χ2n) is 6.21. The largest absolute Gasteiger partial charge is 0.383 e. The van der Waals surface area contributed by atoms with Gasteiger partial charge in [-0.1, -0.05) is 24.3 Å². The number of amides is 2. The van der Waals surface area contributed by atoms with E-state index in [4.69, 9.17) is 0 Å². The fourth-order valence-electron chi connectivity index (χ4n) is 3.11. The van der Waals surface area contributed by atoms with Crippen LogP contribution in [0.1, 0.15) is 27.6 Å². The number of carbonyl (C=O) groups excluding carboxylic acids is 1. The number of aromatic nitrogens is 2. The van der Waals surface area contributed by atoms with E-state index in [0.717, 1.165) is 21.1 Å². The number of nitrogens with zero attached hydrogens (tertiary/aromatic N) is 3. The van der Waals surface area contributed by atoms with Gasteiger partial charge in [0.05, 0.1) is 6.54 Å². The molecule has 2 aromatic rings. The third-order valence-corrected chi connectivity index (χ3v) is 5.26. The third kappa shape index (κ3) is 3.57. The first-order chi connectivity index (χ1) is 11.5. The van der Waals surface area contributed by atoms with E-state index in [2.05, 4.69) is 15.5 Å². The number of aliphatic hydroxyl groups is 1. The van der Waals surface area contributed by atoms with E-state index < -0.39 is 5.60 Å². The molecule has 7 heteroatoms. The molecule has 2 amide bonds. The van der Waals surface area contributed by atoms with Crippen LogP contribution < -0.4 is 5.32 Å². The number of likely N-dealkylation sites (tertiary alicyclic amines) is 1. The van der Waals surface area contributed by atoms with Crippen LogP contribution in [0.15, 0.2) is 24.3 Å². The predicted molar refractivity (Wildman–Crippen MR) is 93.0 cm³/mol. The molecule has 1 aromatic heterocycles. The lowest BCUT2D eigenvalue weighted by molar-refractivity contribution is 0.0488. The highest BCUT2D eigenvalue weighted by Gasteiger charge is 2.40. The van der Waals surface area contributed by atoms with Gasteiger partial charge in [0.1, 0.15) is 15.6 Å². The zero-order valence-corrected chi connectivity index (χ0v) is 14.8. The highest BCUT2D eigenvalue weighted by Crippen LogP contribution is 2.33. The summed E-state index contributed by atoms with van der Waals surface area (Å²) in [5.41, 5.74) is 0.998. The summed E-state index contributed by atoms with van der Waals surface area (Å²) in [6.07, 6.45) is 1.23. The molecule has 1 aromatic carbocycles. The van der Waals surface area contributed by atoms with E-state index in [1.807, 2.05) is 38.1 Å². The van der Waals surface area contributed by atoms with Crippen molar-refractivity contribution in [3.8, 4) is 0 Å². The molecule has 2 heterocycles. The third-order valence-electron chi connectivity index (χ3n) is 4.36. The summed E-state index contributed by atoms with van der Waals surface area (Å²) in [4.78, 5) is 14.0. The van der Waals surface area contributed by atoms with E-state index in [0.29, 0.717) is 32.5 Å². The van der Waals surface area contributed by atoms with Gasteiger partial charge in [-0.05, 0) is 31.4 Å². The lowest BCUT2D eigenvalue weighted by Gasteiger charge is -2.25. The quantitative estimate of drug-likeness (QED) is 0.888. The topological polar surface area (TPSA) is 78.4 Å². The first-order valence-electron chi connectivity index (χ1n) is 8.08. The van der Waals surface area contributed by atoms with Crippen LogP contribution in [0, 0.1) is 13.8 Å². The van der Waals surface area contributed by atoms with Gasteiger partial charge in [-0.25, -0.2) is 4.79 Å². The van der Waals surface area contributed by atoms with Crippen molar-refractivity contribution in [2.45, 2.75) is 32.3 Å². The van der Waals surface area contributed by atoms with E-state index in [9.17, 15) is 9.90 Å². The van der Waals surface area contributed by atoms with E-state index in [1.165, 1.54) is 0 Å². The Morgan fingerprint density at radius 2 is 2.17 bits per heavy atom. The van der Waals surface area contributed by atoms with Crippen LogP contribution in [0.3, 0.4) is 0 Å². The Labute approximate surface area is 145 Å². The molecule has 2 N–H and O–H groups in total. The number of rotatable bonds is 4. The monoisotopic (exact) mass is 346 g/mol. The van der Waals surface area contributed by atoms with Crippen LogP contribution in [0.25, 0.3) is 0 Å². The average Bonchev–Trinajstić information content (AvgIpc) is 3.14. The van der Waals surface area contributed by atoms with E-state index in [1.54, 1.807) is 16.2 Å². The van der Waals surface area contributed by atoms with Crippen molar-refractivity contribution in [2.24, 2.45) is 0 Å². The van der Waals surface area contributed by atoms with Gasteiger partial charge in [-0.15, -0.1) is 21.5 Å². The number of hydrogen-bond donors (Lipinski definition) is 2. The van der Waals surface area contributed by atoms with Gasteiger partial charge in [0.2, 0.25) is 0 Å². The Hall–Kier alpha value is -1.99. The van der Waals surface area contributed by atoms with Gasteiger partial charge >= 0.3 is 6.03 Å². The maximum Gasteiger partial charge on any atom is 0.317 e. The number of benzene rings is 1. The Balaban J connectivity index is 1.55. The number of aryl methyl sites for hydroxylation is 2. The Kier molecular flexibility index (Phi) is 4.82. The molecule has 0 radical (unpaired) electrons. The molecule has 0 aliphatic carbocycles. The zero-order chi connectivity index (χ0) is 17.2. The molecule has 128 valence electrons. The van der Waals surface area contributed by atoms with Crippen LogP contribution in [0.2, 0.25) is 0 Å². The second kappa shape index (κ2) is 6.86. The van der Waals surface area contributed by atoms with Gasteiger partial charge in [0.25, 0.3) is 0 Å². The molecule has 24 heavy (non-hydrogen) atoms. The molecule has 1 aliphatic heterocycles. The first-order valence-corrected chi connectivity index (χ1v) is 8.90. The normalized spacial score (nSPS) is 20.4. The maximum absolute atomic E-state index is 12.3. The smallest absolute Gasteiger partial charge is 0.317 e. The van der Waals surface area contributed by atoms with Gasteiger partial charge in [-0.3, -0.25) is 0 Å². The number of hydrogen-bond acceptors (Lipinski definition) is 5. The van der Waals surface area contributed by atoms with Crippen molar-refractivity contribution >= 4 is 17.4 Å². The fraction of sp³-hybridized carbons (Fsp3) is 0.471. The minimum absolute atomic E-state index is 0.138. The average molecular weight is 346 g/mol. The maximum atomic E-state index is 12.3. The summed E-state index contributed by atoms with van der Waals surface area (Å²) in [5.74, 6) is 0. The molecular formula is C17H22N4O2S. The number of nitrogens with one attached hydrogen (secondary N) is 1. The number of urea groups is 1. The van der Waals surface area contributed by atoms with Gasteiger partial charge < -0.3 is 15.3 Å². The SMILES string of the molecule is Cc1nnc(CCNC(=O)N2CCC(O)(c3ccccc3C)C2)s1. The molecule has 0 saturated carbocycles. The lowest BCUT2D eigenvalue weighted by Crippen LogP contribution is -2.41. The van der Waals surface area contributed by atoms with Crippen LogP contribution in [0.4, 0.5) is 4.79 Å². The van der Waals surface area contributed by atoms with Crippen molar-refractivity contribution in [3.63, 3.8) is 0 Å². The van der Waals surface area contributed by atoms with E-state index in [-0.39, 0.29) is 6.03 Å².